The molecule has 4 nitrogen and oxygen atoms in total. The van der Waals surface area contributed by atoms with E-state index in [4.69, 9.17) is 0 Å². The minimum absolute atomic E-state index is 0.0936. The molecule has 3 rings (SSSR count). The number of amides is 2. The molecule has 2 N–H and O–H groups in total. The molecule has 2 amide bonds. The number of hydrogen-bond acceptors (Lipinski definition) is 2. The van der Waals surface area contributed by atoms with E-state index in [1.54, 1.807) is 0 Å². The Morgan fingerprint density at radius 1 is 1.08 bits per heavy atom. The van der Waals surface area contributed by atoms with E-state index < -0.39 is 0 Å². The van der Waals surface area contributed by atoms with Gasteiger partial charge in [0.2, 0.25) is 5.91 Å². The molecule has 0 spiro atoms. The Hall–Kier alpha value is -1.89. The lowest BCUT2D eigenvalue weighted by atomic mass is 9.85. The van der Waals surface area contributed by atoms with Crippen molar-refractivity contribution in [1.82, 2.24) is 5.32 Å². The number of rotatable bonds is 5. The first kappa shape index (κ1) is 17.0. The third kappa shape index (κ3) is 4.14. The highest BCUT2D eigenvalue weighted by Crippen LogP contribution is 2.27. The van der Waals surface area contributed by atoms with Gasteiger partial charge in [-0.15, -0.1) is 0 Å². The quantitative estimate of drug-likeness (QED) is 0.701. The number of carbonyl (C=O) groups is 2. The van der Waals surface area contributed by atoms with E-state index in [2.05, 4.69) is 33.2 Å². The SMILES string of the molecule is O=C(NCc1cccc(NC(=O)C2CCC2)c1)c1ccccc1I. The fourth-order valence-electron chi connectivity index (χ4n) is 2.60. The molecule has 2 aromatic carbocycles. The highest BCUT2D eigenvalue weighted by atomic mass is 127. The summed E-state index contributed by atoms with van der Waals surface area (Å²) in [5, 5.41) is 5.89. The molecule has 0 heterocycles. The van der Waals surface area contributed by atoms with Gasteiger partial charge in [0.25, 0.3) is 5.91 Å². The zero-order chi connectivity index (χ0) is 16.9. The summed E-state index contributed by atoms with van der Waals surface area (Å²) >= 11 is 2.16. The minimum Gasteiger partial charge on any atom is -0.348 e. The second-order valence-electron chi connectivity index (χ2n) is 5.98. The van der Waals surface area contributed by atoms with Crippen molar-refractivity contribution in [2.75, 3.05) is 5.32 Å². The smallest absolute Gasteiger partial charge is 0.252 e. The monoisotopic (exact) mass is 434 g/mol. The first-order valence-corrected chi connectivity index (χ1v) is 9.14. The van der Waals surface area contributed by atoms with Crippen molar-refractivity contribution in [3.05, 3.63) is 63.2 Å². The summed E-state index contributed by atoms with van der Waals surface area (Å²) in [6.45, 7) is 0.428. The van der Waals surface area contributed by atoms with Crippen molar-refractivity contribution in [2.24, 2.45) is 5.92 Å². The highest BCUT2D eigenvalue weighted by Gasteiger charge is 2.25. The molecule has 124 valence electrons. The van der Waals surface area contributed by atoms with E-state index in [1.165, 1.54) is 0 Å². The number of hydrogen-bond donors (Lipinski definition) is 2. The molecule has 1 fully saturated rings. The van der Waals surface area contributed by atoms with E-state index in [-0.39, 0.29) is 17.7 Å². The lowest BCUT2D eigenvalue weighted by Crippen LogP contribution is -2.28. The molecule has 2 aromatic rings. The molecule has 0 aliphatic heterocycles. The van der Waals surface area contributed by atoms with E-state index in [0.717, 1.165) is 34.1 Å². The molecule has 0 unspecified atom stereocenters. The summed E-state index contributed by atoms with van der Waals surface area (Å²) in [6.07, 6.45) is 3.11. The van der Waals surface area contributed by atoms with Gasteiger partial charge in [-0.2, -0.15) is 0 Å². The molecule has 0 atom stereocenters. The molecular formula is C19H19IN2O2. The van der Waals surface area contributed by atoms with Crippen molar-refractivity contribution in [1.29, 1.82) is 0 Å². The average molecular weight is 434 g/mol. The van der Waals surface area contributed by atoms with Gasteiger partial charge in [-0.1, -0.05) is 30.7 Å². The molecule has 5 heteroatoms. The predicted octanol–water partition coefficient (Wildman–Crippen LogP) is 3.96. The van der Waals surface area contributed by atoms with Gasteiger partial charge in [0, 0.05) is 21.7 Å². The van der Waals surface area contributed by atoms with Crippen LogP contribution in [0.5, 0.6) is 0 Å². The summed E-state index contributed by atoms with van der Waals surface area (Å²) in [5.41, 5.74) is 2.42. The van der Waals surface area contributed by atoms with Gasteiger partial charge in [-0.05, 0) is 65.3 Å². The maximum absolute atomic E-state index is 12.3. The predicted molar refractivity (Wildman–Crippen MR) is 103 cm³/mol. The second kappa shape index (κ2) is 7.79. The minimum atomic E-state index is -0.0936. The lowest BCUT2D eigenvalue weighted by Gasteiger charge is -2.24. The van der Waals surface area contributed by atoms with Crippen molar-refractivity contribution in [3.63, 3.8) is 0 Å². The van der Waals surface area contributed by atoms with Crippen LogP contribution in [0, 0.1) is 9.49 Å². The van der Waals surface area contributed by atoms with Crippen molar-refractivity contribution < 1.29 is 9.59 Å². The summed E-state index contributed by atoms with van der Waals surface area (Å²) in [5.74, 6) is 0.165. The Kier molecular flexibility index (Phi) is 5.50. The molecule has 0 bridgehead atoms. The van der Waals surface area contributed by atoms with Crippen LogP contribution in [-0.4, -0.2) is 11.8 Å². The maximum Gasteiger partial charge on any atom is 0.252 e. The number of benzene rings is 2. The van der Waals surface area contributed by atoms with Gasteiger partial charge in [-0.3, -0.25) is 9.59 Å². The van der Waals surface area contributed by atoms with Crippen LogP contribution in [0.15, 0.2) is 48.5 Å². The number of anilines is 1. The molecule has 1 aliphatic rings. The van der Waals surface area contributed by atoms with Crippen molar-refractivity contribution in [2.45, 2.75) is 25.8 Å². The molecule has 0 aromatic heterocycles. The van der Waals surface area contributed by atoms with Gasteiger partial charge in [0.05, 0.1) is 5.56 Å². The zero-order valence-corrected chi connectivity index (χ0v) is 15.4. The van der Waals surface area contributed by atoms with Gasteiger partial charge >= 0.3 is 0 Å². The Morgan fingerprint density at radius 3 is 2.58 bits per heavy atom. The third-order valence-corrected chi connectivity index (χ3v) is 5.18. The second-order valence-corrected chi connectivity index (χ2v) is 7.14. The highest BCUT2D eigenvalue weighted by molar-refractivity contribution is 14.1. The summed E-state index contributed by atoms with van der Waals surface area (Å²) in [6, 6.07) is 15.1. The fourth-order valence-corrected chi connectivity index (χ4v) is 3.23. The first-order chi connectivity index (χ1) is 11.6. The topological polar surface area (TPSA) is 58.2 Å². The molecule has 1 aliphatic carbocycles. The largest absolute Gasteiger partial charge is 0.348 e. The summed E-state index contributed by atoms with van der Waals surface area (Å²) in [7, 11) is 0. The molecule has 1 saturated carbocycles. The zero-order valence-electron chi connectivity index (χ0n) is 13.2. The summed E-state index contributed by atoms with van der Waals surface area (Å²) < 4.78 is 0.925. The lowest BCUT2D eigenvalue weighted by molar-refractivity contribution is -0.122. The normalized spacial score (nSPS) is 13.9. The maximum atomic E-state index is 12.3. The average Bonchev–Trinajstić information content (AvgIpc) is 2.51. The van der Waals surface area contributed by atoms with Gasteiger partial charge in [0.15, 0.2) is 0 Å². The van der Waals surface area contributed by atoms with Crippen LogP contribution in [0.2, 0.25) is 0 Å². The molecule has 0 radical (unpaired) electrons. The Morgan fingerprint density at radius 2 is 1.88 bits per heavy atom. The molecule has 0 saturated heterocycles. The van der Waals surface area contributed by atoms with E-state index in [0.29, 0.717) is 12.1 Å². The van der Waals surface area contributed by atoms with Crippen LogP contribution in [0.1, 0.15) is 35.2 Å². The van der Waals surface area contributed by atoms with E-state index >= 15 is 0 Å². The Balaban J connectivity index is 1.59. The van der Waals surface area contributed by atoms with Crippen LogP contribution < -0.4 is 10.6 Å². The van der Waals surface area contributed by atoms with Crippen LogP contribution in [0.3, 0.4) is 0 Å². The van der Waals surface area contributed by atoms with Gasteiger partial charge < -0.3 is 10.6 Å². The molecular weight excluding hydrogens is 415 g/mol. The number of nitrogens with one attached hydrogen (secondary N) is 2. The fraction of sp³-hybridized carbons (Fsp3) is 0.263. The standard InChI is InChI=1S/C19H19IN2O2/c20-17-10-2-1-9-16(17)19(24)21-12-13-5-3-8-15(11-13)22-18(23)14-6-4-7-14/h1-3,5,8-11,14H,4,6-7,12H2,(H,21,24)(H,22,23). The van der Waals surface area contributed by atoms with Crippen LogP contribution in [0.4, 0.5) is 5.69 Å². The van der Waals surface area contributed by atoms with Crippen LogP contribution in [0.25, 0.3) is 0 Å². The van der Waals surface area contributed by atoms with Crippen molar-refractivity contribution >= 4 is 40.1 Å². The van der Waals surface area contributed by atoms with Gasteiger partial charge in [-0.25, -0.2) is 0 Å². The Labute approximate surface area is 155 Å². The van der Waals surface area contributed by atoms with Crippen LogP contribution in [-0.2, 0) is 11.3 Å². The first-order valence-electron chi connectivity index (χ1n) is 8.06. The van der Waals surface area contributed by atoms with Crippen LogP contribution >= 0.6 is 22.6 Å². The third-order valence-electron chi connectivity index (χ3n) is 4.24. The van der Waals surface area contributed by atoms with E-state index in [9.17, 15) is 9.59 Å². The Bertz CT molecular complexity index is 757. The van der Waals surface area contributed by atoms with E-state index in [1.807, 2.05) is 48.5 Å². The van der Waals surface area contributed by atoms with Crippen molar-refractivity contribution in [3.8, 4) is 0 Å². The summed E-state index contributed by atoms with van der Waals surface area (Å²) in [4.78, 5) is 24.3. The molecule has 24 heavy (non-hydrogen) atoms. The number of carbonyl (C=O) groups excluding carboxylic acids is 2. The number of halogens is 1. The van der Waals surface area contributed by atoms with Gasteiger partial charge in [0.1, 0.15) is 0 Å².